The molecule has 3 aliphatic rings. The summed E-state index contributed by atoms with van der Waals surface area (Å²) in [7, 11) is 0. The fourth-order valence-corrected chi connectivity index (χ4v) is 6.84. The molecular weight excluding hydrogens is 657 g/mol. The van der Waals surface area contributed by atoms with Gasteiger partial charge < -0.3 is 24.8 Å². The Bertz CT molecular complexity index is 1400. The number of ether oxygens (including phenoxy) is 1. The van der Waals surface area contributed by atoms with Crippen molar-refractivity contribution in [3.63, 3.8) is 0 Å². The van der Waals surface area contributed by atoms with Gasteiger partial charge in [-0.2, -0.15) is 27.2 Å². The fourth-order valence-electron chi connectivity index (χ4n) is 6.62. The van der Waals surface area contributed by atoms with Gasteiger partial charge in [0.1, 0.15) is 11.8 Å². The second-order valence-corrected chi connectivity index (χ2v) is 13.4. The van der Waals surface area contributed by atoms with Gasteiger partial charge in [-0.05, 0) is 81.7 Å². The molecule has 1 N–H and O–H groups in total. The molecule has 1 aromatic heterocycles. The summed E-state index contributed by atoms with van der Waals surface area (Å²) < 4.78 is 69.5. The Morgan fingerprint density at radius 2 is 1.62 bits per heavy atom. The van der Waals surface area contributed by atoms with Crippen LogP contribution in [0.4, 0.5) is 27.8 Å². The zero-order chi connectivity index (χ0) is 34.3. The number of carbonyl (C=O) groups excluding carboxylic acids is 1. The molecule has 0 atom stereocenters. The van der Waals surface area contributed by atoms with Gasteiger partial charge in [0.15, 0.2) is 11.5 Å². The number of nitrogens with one attached hydrogen (secondary N) is 1. The van der Waals surface area contributed by atoms with Crippen molar-refractivity contribution in [2.75, 3.05) is 57.3 Å². The maximum absolute atomic E-state index is 13.2. The molecule has 2 saturated heterocycles. The standard InChI is InChI=1S/C33H41ClF5N7O2/c34-28-20-27(5-2-24(28)21-40)48-26-6-3-25(4-7-26)41-31(47)29-8-9-30(43-42-29)46-14-10-23(11-15-46)22-45-18-16-44(17-19-45)13-1-12-32(35,36)33(37,38)39/h2,5,8-9,20,23,25-26H,1,3-4,6-7,10-19,22H2,(H,41,47). The van der Waals surface area contributed by atoms with Crippen molar-refractivity contribution < 1.29 is 31.5 Å². The van der Waals surface area contributed by atoms with E-state index in [9.17, 15) is 26.7 Å². The third kappa shape index (κ3) is 9.66. The van der Waals surface area contributed by atoms with Crippen molar-refractivity contribution in [3.05, 3.63) is 46.6 Å². The van der Waals surface area contributed by atoms with Crippen LogP contribution in [0.3, 0.4) is 0 Å². The zero-order valence-corrected chi connectivity index (χ0v) is 27.5. The molecule has 48 heavy (non-hydrogen) atoms. The van der Waals surface area contributed by atoms with E-state index in [4.69, 9.17) is 21.6 Å². The van der Waals surface area contributed by atoms with Gasteiger partial charge in [-0.25, -0.2) is 0 Å². The molecule has 9 nitrogen and oxygen atoms in total. The van der Waals surface area contributed by atoms with Crippen LogP contribution in [-0.4, -0.2) is 103 Å². The summed E-state index contributed by atoms with van der Waals surface area (Å²) in [6.45, 7) is 5.68. The molecule has 0 bridgehead atoms. The van der Waals surface area contributed by atoms with Gasteiger partial charge in [-0.3, -0.25) is 4.79 Å². The van der Waals surface area contributed by atoms with Crippen LogP contribution in [0.2, 0.25) is 5.02 Å². The highest BCUT2D eigenvalue weighted by molar-refractivity contribution is 6.31. The monoisotopic (exact) mass is 697 g/mol. The number of amides is 1. The number of hydrogen-bond donors (Lipinski definition) is 1. The molecule has 0 unspecified atom stereocenters. The van der Waals surface area contributed by atoms with E-state index in [2.05, 4.69) is 25.3 Å². The lowest BCUT2D eigenvalue weighted by atomic mass is 9.93. The van der Waals surface area contributed by atoms with Crippen LogP contribution in [-0.2, 0) is 0 Å². The quantitative estimate of drug-likeness (QED) is 0.289. The summed E-state index contributed by atoms with van der Waals surface area (Å²) in [4.78, 5) is 19.4. The van der Waals surface area contributed by atoms with Crippen LogP contribution in [0.25, 0.3) is 0 Å². The summed E-state index contributed by atoms with van der Waals surface area (Å²) in [5.74, 6) is -3.03. The highest BCUT2D eigenvalue weighted by atomic mass is 35.5. The molecule has 2 aliphatic heterocycles. The Kier molecular flexibility index (Phi) is 12.0. The number of rotatable bonds is 11. The van der Waals surface area contributed by atoms with Crippen molar-refractivity contribution in [2.24, 2.45) is 5.92 Å². The first-order valence-electron chi connectivity index (χ1n) is 16.6. The Balaban J connectivity index is 0.969. The lowest BCUT2D eigenvalue weighted by Crippen LogP contribution is -2.49. The highest BCUT2D eigenvalue weighted by Crippen LogP contribution is 2.39. The van der Waals surface area contributed by atoms with E-state index in [0.29, 0.717) is 35.3 Å². The van der Waals surface area contributed by atoms with Crippen molar-refractivity contribution in [1.82, 2.24) is 25.3 Å². The molecule has 1 aliphatic carbocycles. The predicted octanol–water partition coefficient (Wildman–Crippen LogP) is 5.93. The SMILES string of the molecule is N#Cc1ccc(OC2CCC(NC(=O)c3ccc(N4CCC(CN5CCN(CCCC(F)(F)C(F)(F)F)CC5)CC4)nn3)CC2)cc1Cl. The van der Waals surface area contributed by atoms with Crippen LogP contribution in [0.5, 0.6) is 5.75 Å². The molecule has 1 amide bonds. The normalized spacial score (nSPS) is 21.9. The first kappa shape index (κ1) is 36.0. The van der Waals surface area contributed by atoms with Crippen molar-refractivity contribution in [2.45, 2.75) is 75.6 Å². The number of aromatic nitrogens is 2. The van der Waals surface area contributed by atoms with E-state index in [0.717, 1.165) is 77.1 Å². The van der Waals surface area contributed by atoms with Crippen LogP contribution >= 0.6 is 11.6 Å². The third-order valence-corrected chi connectivity index (χ3v) is 9.87. The van der Waals surface area contributed by atoms with Gasteiger partial charge >= 0.3 is 12.1 Å². The Morgan fingerprint density at radius 1 is 0.938 bits per heavy atom. The molecule has 3 heterocycles. The van der Waals surface area contributed by atoms with Gasteiger partial charge in [0.05, 0.1) is 16.7 Å². The number of piperidine rings is 1. The summed E-state index contributed by atoms with van der Waals surface area (Å²) in [6.07, 6.45) is -1.81. The van der Waals surface area contributed by atoms with E-state index in [1.165, 1.54) is 0 Å². The lowest BCUT2D eigenvalue weighted by Gasteiger charge is -2.39. The van der Waals surface area contributed by atoms with E-state index >= 15 is 0 Å². The number of anilines is 1. The van der Waals surface area contributed by atoms with Gasteiger partial charge in [0, 0.05) is 64.3 Å². The number of benzene rings is 1. The van der Waals surface area contributed by atoms with E-state index in [-0.39, 0.29) is 36.7 Å². The number of halogens is 6. The Labute approximate surface area is 282 Å². The maximum Gasteiger partial charge on any atom is 0.453 e. The first-order chi connectivity index (χ1) is 22.9. The van der Waals surface area contributed by atoms with Crippen molar-refractivity contribution in [1.29, 1.82) is 5.26 Å². The minimum Gasteiger partial charge on any atom is -0.490 e. The van der Waals surface area contributed by atoms with Gasteiger partial charge in [0.2, 0.25) is 0 Å². The van der Waals surface area contributed by atoms with Crippen LogP contribution < -0.4 is 15.0 Å². The molecular formula is C33H41ClF5N7O2. The third-order valence-electron chi connectivity index (χ3n) is 9.56. The molecule has 0 spiro atoms. The minimum absolute atomic E-state index is 0.00765. The van der Waals surface area contributed by atoms with Crippen LogP contribution in [0.1, 0.15) is 67.4 Å². The van der Waals surface area contributed by atoms with Crippen LogP contribution in [0, 0.1) is 17.2 Å². The topological polar surface area (TPSA) is 97.6 Å². The molecule has 1 saturated carbocycles. The van der Waals surface area contributed by atoms with Crippen LogP contribution in [0.15, 0.2) is 30.3 Å². The maximum atomic E-state index is 13.2. The average molecular weight is 698 g/mol. The van der Waals surface area contributed by atoms with Gasteiger partial charge in [-0.1, -0.05) is 11.6 Å². The van der Waals surface area contributed by atoms with E-state index < -0.39 is 18.5 Å². The number of nitrogens with zero attached hydrogens (tertiary/aromatic N) is 6. The fraction of sp³-hybridized carbons (Fsp3) is 0.636. The van der Waals surface area contributed by atoms with Gasteiger partial charge in [-0.15, -0.1) is 10.2 Å². The molecule has 0 radical (unpaired) electrons. The molecule has 3 fully saturated rings. The summed E-state index contributed by atoms with van der Waals surface area (Å²) in [5.41, 5.74) is 0.675. The zero-order valence-electron chi connectivity index (χ0n) is 26.7. The predicted molar refractivity (Wildman–Crippen MR) is 170 cm³/mol. The number of alkyl halides is 5. The largest absolute Gasteiger partial charge is 0.490 e. The molecule has 1 aromatic carbocycles. The minimum atomic E-state index is -5.49. The number of carbonyl (C=O) groups is 1. The molecule has 262 valence electrons. The Morgan fingerprint density at radius 3 is 2.23 bits per heavy atom. The summed E-state index contributed by atoms with van der Waals surface area (Å²) >= 11 is 6.11. The smallest absolute Gasteiger partial charge is 0.453 e. The highest BCUT2D eigenvalue weighted by Gasteiger charge is 2.56. The van der Waals surface area contributed by atoms with E-state index in [1.54, 1.807) is 24.3 Å². The Hall–Kier alpha value is -3.28. The van der Waals surface area contributed by atoms with Gasteiger partial charge in [0.25, 0.3) is 5.91 Å². The number of nitriles is 1. The van der Waals surface area contributed by atoms with Crippen molar-refractivity contribution >= 4 is 23.3 Å². The number of piperazine rings is 1. The lowest BCUT2D eigenvalue weighted by molar-refractivity contribution is -0.284. The summed E-state index contributed by atoms with van der Waals surface area (Å²) in [6, 6.07) is 10.6. The molecule has 15 heteroatoms. The van der Waals surface area contributed by atoms with Crippen molar-refractivity contribution in [3.8, 4) is 11.8 Å². The van der Waals surface area contributed by atoms with E-state index in [1.807, 2.05) is 17.0 Å². The summed E-state index contributed by atoms with van der Waals surface area (Å²) in [5, 5.41) is 21.0. The molecule has 5 rings (SSSR count). The second-order valence-electron chi connectivity index (χ2n) is 13.0. The first-order valence-corrected chi connectivity index (χ1v) is 16.9. The number of hydrogen-bond acceptors (Lipinski definition) is 8. The molecule has 2 aromatic rings. The average Bonchev–Trinajstić information content (AvgIpc) is 3.06. The second kappa shape index (κ2) is 16.0.